The molecule has 1 N–H and O–H groups in total. The van der Waals surface area contributed by atoms with Crippen LogP contribution in [0.3, 0.4) is 0 Å². The van der Waals surface area contributed by atoms with E-state index >= 15 is 0 Å². The van der Waals surface area contributed by atoms with E-state index in [9.17, 15) is 0 Å². The Morgan fingerprint density at radius 3 is 2.44 bits per heavy atom. The van der Waals surface area contributed by atoms with E-state index in [2.05, 4.69) is 31.3 Å². The molecule has 0 heterocycles. The lowest BCUT2D eigenvalue weighted by Gasteiger charge is -2.17. The molecule has 88 valence electrons. The van der Waals surface area contributed by atoms with Crippen LogP contribution in [0.4, 0.5) is 0 Å². The van der Waals surface area contributed by atoms with E-state index in [0.717, 1.165) is 12.3 Å². The van der Waals surface area contributed by atoms with Gasteiger partial charge in [-0.25, -0.2) is 0 Å². The molecule has 0 amide bonds. The van der Waals surface area contributed by atoms with Gasteiger partial charge in [0.15, 0.2) is 0 Å². The van der Waals surface area contributed by atoms with Gasteiger partial charge in [0.2, 0.25) is 0 Å². The summed E-state index contributed by atoms with van der Waals surface area (Å²) < 4.78 is 5.15. The van der Waals surface area contributed by atoms with Gasteiger partial charge in [-0.2, -0.15) is 0 Å². The van der Waals surface area contributed by atoms with Gasteiger partial charge in [0.1, 0.15) is 5.75 Å². The summed E-state index contributed by atoms with van der Waals surface area (Å²) >= 11 is 0. The van der Waals surface area contributed by atoms with Gasteiger partial charge in [-0.15, -0.1) is 0 Å². The van der Waals surface area contributed by atoms with Gasteiger partial charge in [0, 0.05) is 12.6 Å². The van der Waals surface area contributed by atoms with Crippen molar-refractivity contribution in [3.05, 3.63) is 29.8 Å². The largest absolute Gasteiger partial charge is 0.497 e. The first-order valence-electron chi connectivity index (χ1n) is 6.00. The summed E-state index contributed by atoms with van der Waals surface area (Å²) in [6, 6.07) is 8.72. The van der Waals surface area contributed by atoms with Crippen LogP contribution in [0.2, 0.25) is 0 Å². The second-order valence-electron chi connectivity index (χ2n) is 5.19. The molecule has 1 aliphatic rings. The SMILES string of the molecule is COc1ccc(C(C)NCC2(C)CC2)cc1. The summed E-state index contributed by atoms with van der Waals surface area (Å²) in [6.45, 7) is 5.69. The maximum Gasteiger partial charge on any atom is 0.118 e. The Balaban J connectivity index is 1.89. The smallest absolute Gasteiger partial charge is 0.118 e. The summed E-state index contributed by atoms with van der Waals surface area (Å²) in [4.78, 5) is 0. The molecular formula is C14H21NO. The van der Waals surface area contributed by atoms with Crippen molar-refractivity contribution in [2.24, 2.45) is 5.41 Å². The molecule has 0 aliphatic heterocycles. The van der Waals surface area contributed by atoms with E-state index in [1.54, 1.807) is 7.11 Å². The van der Waals surface area contributed by atoms with Crippen molar-refractivity contribution >= 4 is 0 Å². The Morgan fingerprint density at radius 2 is 1.94 bits per heavy atom. The molecule has 0 saturated heterocycles. The summed E-state index contributed by atoms with van der Waals surface area (Å²) in [5.74, 6) is 0.921. The average molecular weight is 219 g/mol. The van der Waals surface area contributed by atoms with Gasteiger partial charge in [-0.1, -0.05) is 19.1 Å². The normalized spacial score (nSPS) is 19.2. The van der Waals surface area contributed by atoms with Crippen molar-refractivity contribution in [3.8, 4) is 5.75 Å². The van der Waals surface area contributed by atoms with Gasteiger partial charge < -0.3 is 10.1 Å². The maximum absolute atomic E-state index is 5.15. The molecular weight excluding hydrogens is 198 g/mol. The number of methoxy groups -OCH3 is 1. The first kappa shape index (κ1) is 11.5. The molecule has 1 atom stereocenters. The Kier molecular flexibility index (Phi) is 3.20. The summed E-state index contributed by atoms with van der Waals surface area (Å²) in [7, 11) is 1.70. The minimum absolute atomic E-state index is 0.420. The molecule has 16 heavy (non-hydrogen) atoms. The Morgan fingerprint density at radius 1 is 1.31 bits per heavy atom. The maximum atomic E-state index is 5.15. The lowest BCUT2D eigenvalue weighted by molar-refractivity contribution is 0.414. The fourth-order valence-corrected chi connectivity index (χ4v) is 1.80. The van der Waals surface area contributed by atoms with E-state index in [1.165, 1.54) is 18.4 Å². The van der Waals surface area contributed by atoms with Crippen LogP contribution in [0, 0.1) is 5.41 Å². The third kappa shape index (κ3) is 2.76. The zero-order valence-corrected chi connectivity index (χ0v) is 10.4. The highest BCUT2D eigenvalue weighted by Crippen LogP contribution is 2.44. The van der Waals surface area contributed by atoms with Crippen LogP contribution in [0.1, 0.15) is 38.3 Å². The standard InChI is InChI=1S/C14H21NO/c1-11(15-10-14(2)8-9-14)12-4-6-13(16-3)7-5-12/h4-7,11,15H,8-10H2,1-3H3. The summed E-state index contributed by atoms with van der Waals surface area (Å²) in [5.41, 5.74) is 1.89. The fraction of sp³-hybridized carbons (Fsp3) is 0.571. The highest BCUT2D eigenvalue weighted by molar-refractivity contribution is 5.28. The molecule has 0 bridgehead atoms. The molecule has 1 unspecified atom stereocenters. The average Bonchev–Trinajstić information content (AvgIpc) is 3.05. The molecule has 1 aliphatic carbocycles. The van der Waals surface area contributed by atoms with Crippen molar-refractivity contribution < 1.29 is 4.74 Å². The number of hydrogen-bond donors (Lipinski definition) is 1. The van der Waals surface area contributed by atoms with Crippen molar-refractivity contribution in [2.45, 2.75) is 32.7 Å². The lowest BCUT2D eigenvalue weighted by atomic mass is 10.1. The lowest BCUT2D eigenvalue weighted by Crippen LogP contribution is -2.25. The van der Waals surface area contributed by atoms with Crippen molar-refractivity contribution in [1.29, 1.82) is 0 Å². The van der Waals surface area contributed by atoms with Crippen molar-refractivity contribution in [3.63, 3.8) is 0 Å². The van der Waals surface area contributed by atoms with Crippen LogP contribution in [-0.2, 0) is 0 Å². The molecule has 2 heteroatoms. The Hall–Kier alpha value is -1.02. The predicted molar refractivity (Wildman–Crippen MR) is 66.8 cm³/mol. The zero-order chi connectivity index (χ0) is 11.6. The number of ether oxygens (including phenoxy) is 1. The summed E-state index contributed by atoms with van der Waals surface area (Å²) in [6.07, 6.45) is 2.74. The third-order valence-corrected chi connectivity index (χ3v) is 3.55. The Labute approximate surface area is 98.0 Å². The molecule has 2 rings (SSSR count). The summed E-state index contributed by atoms with van der Waals surface area (Å²) in [5, 5.41) is 3.60. The van der Waals surface area contributed by atoms with E-state index in [-0.39, 0.29) is 0 Å². The predicted octanol–water partition coefficient (Wildman–Crippen LogP) is 3.15. The Bertz CT molecular complexity index is 340. The second-order valence-corrected chi connectivity index (χ2v) is 5.19. The van der Waals surface area contributed by atoms with Gasteiger partial charge in [0.05, 0.1) is 7.11 Å². The quantitative estimate of drug-likeness (QED) is 0.821. The van der Waals surface area contributed by atoms with E-state index < -0.39 is 0 Å². The van der Waals surface area contributed by atoms with Gasteiger partial charge in [0.25, 0.3) is 0 Å². The van der Waals surface area contributed by atoms with Crippen molar-refractivity contribution in [1.82, 2.24) is 5.32 Å². The monoisotopic (exact) mass is 219 g/mol. The van der Waals surface area contributed by atoms with Crippen LogP contribution in [-0.4, -0.2) is 13.7 Å². The molecule has 2 nitrogen and oxygen atoms in total. The fourth-order valence-electron chi connectivity index (χ4n) is 1.80. The third-order valence-electron chi connectivity index (χ3n) is 3.55. The molecule has 1 aromatic rings. The minimum Gasteiger partial charge on any atom is -0.497 e. The van der Waals surface area contributed by atoms with Crippen LogP contribution in [0.15, 0.2) is 24.3 Å². The first-order valence-corrected chi connectivity index (χ1v) is 6.00. The van der Waals surface area contributed by atoms with E-state index in [4.69, 9.17) is 4.74 Å². The van der Waals surface area contributed by atoms with E-state index in [0.29, 0.717) is 11.5 Å². The topological polar surface area (TPSA) is 21.3 Å². The van der Waals surface area contributed by atoms with Crippen LogP contribution in [0.5, 0.6) is 5.75 Å². The molecule has 0 radical (unpaired) electrons. The van der Waals surface area contributed by atoms with Gasteiger partial charge >= 0.3 is 0 Å². The molecule has 1 fully saturated rings. The molecule has 0 aromatic heterocycles. The molecule has 1 aromatic carbocycles. The van der Waals surface area contributed by atoms with Gasteiger partial charge in [-0.3, -0.25) is 0 Å². The zero-order valence-electron chi connectivity index (χ0n) is 10.4. The van der Waals surface area contributed by atoms with Crippen LogP contribution < -0.4 is 10.1 Å². The highest BCUT2D eigenvalue weighted by Gasteiger charge is 2.36. The highest BCUT2D eigenvalue weighted by atomic mass is 16.5. The molecule has 1 saturated carbocycles. The number of rotatable bonds is 5. The van der Waals surface area contributed by atoms with E-state index in [1.807, 2.05) is 12.1 Å². The van der Waals surface area contributed by atoms with Crippen molar-refractivity contribution in [2.75, 3.05) is 13.7 Å². The minimum atomic E-state index is 0.420. The molecule has 0 spiro atoms. The van der Waals surface area contributed by atoms with Gasteiger partial charge in [-0.05, 0) is 42.9 Å². The second kappa shape index (κ2) is 4.46. The first-order chi connectivity index (χ1) is 7.63. The number of hydrogen-bond acceptors (Lipinski definition) is 2. The van der Waals surface area contributed by atoms with Crippen LogP contribution in [0.25, 0.3) is 0 Å². The number of nitrogens with one attached hydrogen (secondary N) is 1. The van der Waals surface area contributed by atoms with Crippen LogP contribution >= 0.6 is 0 Å². The number of benzene rings is 1.